The van der Waals surface area contributed by atoms with Gasteiger partial charge in [-0.3, -0.25) is 4.79 Å². The molecule has 0 saturated carbocycles. The number of hydrogen-bond acceptors (Lipinski definition) is 3. The number of carboxylic acid groups (broad SMARTS) is 1. The molecule has 0 saturated heterocycles. The quantitative estimate of drug-likeness (QED) is 0.750. The molecule has 5 heteroatoms. The van der Waals surface area contributed by atoms with Gasteiger partial charge in [0.25, 0.3) is 5.91 Å². The Morgan fingerprint density at radius 2 is 1.92 bits per heavy atom. The summed E-state index contributed by atoms with van der Waals surface area (Å²) in [7, 11) is 0. The molecule has 0 fully saturated rings. The Labute approximate surface area is 141 Å². The van der Waals surface area contributed by atoms with Gasteiger partial charge in [0.15, 0.2) is 0 Å². The third kappa shape index (κ3) is 4.35. The average molecular weight is 327 g/mol. The van der Waals surface area contributed by atoms with Gasteiger partial charge in [0, 0.05) is 11.3 Å². The van der Waals surface area contributed by atoms with Crippen molar-refractivity contribution in [1.82, 2.24) is 0 Å². The maximum absolute atomic E-state index is 12.4. The first kappa shape index (κ1) is 17.5. The first-order valence-electron chi connectivity index (χ1n) is 7.90. The van der Waals surface area contributed by atoms with Crippen molar-refractivity contribution in [2.75, 3.05) is 11.9 Å². The van der Waals surface area contributed by atoms with E-state index in [-0.39, 0.29) is 11.5 Å². The Bertz CT molecular complexity index is 740. The average Bonchev–Trinajstić information content (AvgIpc) is 2.57. The molecule has 0 heterocycles. The van der Waals surface area contributed by atoms with Gasteiger partial charge in [-0.25, -0.2) is 4.79 Å². The van der Waals surface area contributed by atoms with E-state index in [1.807, 2.05) is 6.07 Å². The van der Waals surface area contributed by atoms with Gasteiger partial charge in [-0.2, -0.15) is 0 Å². The molecule has 0 aromatic heterocycles. The number of benzene rings is 2. The standard InChI is InChI=1S/C19H21NO4/c1-3-4-11-24-15-8-5-7-14(12-15)18(21)20-17-10-6-9-16(13(17)2)19(22)23/h5-10,12H,3-4,11H2,1-2H3,(H,20,21)(H,22,23). The molecule has 1 amide bonds. The van der Waals surface area contributed by atoms with Gasteiger partial charge in [0.2, 0.25) is 0 Å². The van der Waals surface area contributed by atoms with E-state index in [0.29, 0.717) is 29.2 Å². The fourth-order valence-electron chi connectivity index (χ4n) is 2.26. The second kappa shape index (κ2) is 8.15. The molecule has 24 heavy (non-hydrogen) atoms. The second-order valence-corrected chi connectivity index (χ2v) is 5.47. The Morgan fingerprint density at radius 1 is 1.17 bits per heavy atom. The number of anilines is 1. The molecule has 126 valence electrons. The molecule has 2 N–H and O–H groups in total. The van der Waals surface area contributed by atoms with Crippen LogP contribution < -0.4 is 10.1 Å². The molecule has 0 bridgehead atoms. The summed E-state index contributed by atoms with van der Waals surface area (Å²) in [5.74, 6) is -0.677. The summed E-state index contributed by atoms with van der Waals surface area (Å²) in [6.45, 7) is 4.37. The Kier molecular flexibility index (Phi) is 5.95. The van der Waals surface area contributed by atoms with Crippen LogP contribution in [0.2, 0.25) is 0 Å². The fourth-order valence-corrected chi connectivity index (χ4v) is 2.26. The summed E-state index contributed by atoms with van der Waals surface area (Å²) >= 11 is 0. The zero-order valence-electron chi connectivity index (χ0n) is 13.8. The molecule has 0 atom stereocenters. The minimum absolute atomic E-state index is 0.171. The SMILES string of the molecule is CCCCOc1cccc(C(=O)Nc2cccc(C(=O)O)c2C)c1. The number of carbonyl (C=O) groups is 2. The minimum Gasteiger partial charge on any atom is -0.494 e. The van der Waals surface area contributed by atoms with E-state index in [0.717, 1.165) is 12.8 Å². The summed E-state index contributed by atoms with van der Waals surface area (Å²) in [5, 5.41) is 11.9. The van der Waals surface area contributed by atoms with Crippen molar-refractivity contribution in [1.29, 1.82) is 0 Å². The molecule has 0 radical (unpaired) electrons. The summed E-state index contributed by atoms with van der Waals surface area (Å²) in [6.07, 6.45) is 2.00. The predicted octanol–water partition coefficient (Wildman–Crippen LogP) is 4.12. The Balaban J connectivity index is 2.14. The van der Waals surface area contributed by atoms with Gasteiger partial charge in [0.1, 0.15) is 5.75 Å². The third-order valence-electron chi connectivity index (χ3n) is 3.68. The summed E-state index contributed by atoms with van der Waals surface area (Å²) in [6, 6.07) is 11.7. The molecule has 0 aliphatic heterocycles. The number of carbonyl (C=O) groups excluding carboxylic acids is 1. The molecule has 5 nitrogen and oxygen atoms in total. The van der Waals surface area contributed by atoms with E-state index in [4.69, 9.17) is 9.84 Å². The van der Waals surface area contributed by atoms with Crippen LogP contribution in [0.1, 0.15) is 46.0 Å². The molecule has 0 spiro atoms. The summed E-state index contributed by atoms with van der Waals surface area (Å²) in [5.41, 5.74) is 1.64. The number of amides is 1. The molecule has 2 aromatic carbocycles. The van der Waals surface area contributed by atoms with E-state index in [9.17, 15) is 9.59 Å². The molecular weight excluding hydrogens is 306 g/mol. The first-order chi connectivity index (χ1) is 11.5. The lowest BCUT2D eigenvalue weighted by Gasteiger charge is -2.11. The second-order valence-electron chi connectivity index (χ2n) is 5.47. The molecule has 2 rings (SSSR count). The number of rotatable bonds is 7. The van der Waals surface area contributed by atoms with Crippen LogP contribution in [0.15, 0.2) is 42.5 Å². The number of carboxylic acids is 1. The monoisotopic (exact) mass is 327 g/mol. The van der Waals surface area contributed by atoms with Gasteiger partial charge < -0.3 is 15.2 Å². The molecular formula is C19H21NO4. The number of ether oxygens (including phenoxy) is 1. The lowest BCUT2D eigenvalue weighted by molar-refractivity contribution is 0.0695. The lowest BCUT2D eigenvalue weighted by atomic mass is 10.1. The van der Waals surface area contributed by atoms with Crippen molar-refractivity contribution in [3.8, 4) is 5.75 Å². The highest BCUT2D eigenvalue weighted by Gasteiger charge is 2.13. The van der Waals surface area contributed by atoms with Crippen LogP contribution in [0, 0.1) is 6.92 Å². The van der Waals surface area contributed by atoms with Gasteiger partial charge in [-0.15, -0.1) is 0 Å². The molecule has 0 unspecified atom stereocenters. The molecule has 0 aliphatic rings. The van der Waals surface area contributed by atoms with Gasteiger partial charge in [-0.05, 0) is 49.2 Å². The highest BCUT2D eigenvalue weighted by atomic mass is 16.5. The van der Waals surface area contributed by atoms with Crippen molar-refractivity contribution in [3.63, 3.8) is 0 Å². The van der Waals surface area contributed by atoms with Crippen LogP contribution in [-0.4, -0.2) is 23.6 Å². The zero-order chi connectivity index (χ0) is 17.5. The van der Waals surface area contributed by atoms with Crippen LogP contribution in [0.5, 0.6) is 5.75 Å². The van der Waals surface area contributed by atoms with Gasteiger partial charge >= 0.3 is 5.97 Å². The highest BCUT2D eigenvalue weighted by molar-refractivity contribution is 6.05. The first-order valence-corrected chi connectivity index (χ1v) is 7.90. The maximum Gasteiger partial charge on any atom is 0.336 e. The van der Waals surface area contributed by atoms with Crippen molar-refractivity contribution in [2.24, 2.45) is 0 Å². The van der Waals surface area contributed by atoms with Crippen LogP contribution >= 0.6 is 0 Å². The highest BCUT2D eigenvalue weighted by Crippen LogP contribution is 2.21. The summed E-state index contributed by atoms with van der Waals surface area (Å²) in [4.78, 5) is 23.6. The molecule has 2 aromatic rings. The Morgan fingerprint density at radius 3 is 2.62 bits per heavy atom. The zero-order valence-corrected chi connectivity index (χ0v) is 13.8. The topological polar surface area (TPSA) is 75.6 Å². The van der Waals surface area contributed by atoms with E-state index < -0.39 is 5.97 Å². The number of aromatic carboxylic acids is 1. The van der Waals surface area contributed by atoms with Gasteiger partial charge in [-0.1, -0.05) is 25.5 Å². The number of hydrogen-bond donors (Lipinski definition) is 2. The Hall–Kier alpha value is -2.82. The van der Waals surface area contributed by atoms with Crippen molar-refractivity contribution < 1.29 is 19.4 Å². The number of nitrogens with one attached hydrogen (secondary N) is 1. The van der Waals surface area contributed by atoms with Crippen molar-refractivity contribution >= 4 is 17.6 Å². The fraction of sp³-hybridized carbons (Fsp3) is 0.263. The summed E-state index contributed by atoms with van der Waals surface area (Å²) < 4.78 is 5.60. The lowest BCUT2D eigenvalue weighted by Crippen LogP contribution is -2.14. The van der Waals surface area contributed by atoms with Crippen LogP contribution in [-0.2, 0) is 0 Å². The minimum atomic E-state index is -1.02. The smallest absolute Gasteiger partial charge is 0.336 e. The van der Waals surface area contributed by atoms with E-state index >= 15 is 0 Å². The van der Waals surface area contributed by atoms with E-state index in [1.54, 1.807) is 37.3 Å². The van der Waals surface area contributed by atoms with Crippen LogP contribution in [0.3, 0.4) is 0 Å². The van der Waals surface area contributed by atoms with E-state index in [1.165, 1.54) is 6.07 Å². The molecule has 0 aliphatic carbocycles. The third-order valence-corrected chi connectivity index (χ3v) is 3.68. The van der Waals surface area contributed by atoms with Crippen molar-refractivity contribution in [3.05, 3.63) is 59.2 Å². The number of unbranched alkanes of at least 4 members (excludes halogenated alkanes) is 1. The maximum atomic E-state index is 12.4. The normalized spacial score (nSPS) is 10.2. The van der Waals surface area contributed by atoms with Gasteiger partial charge in [0.05, 0.1) is 12.2 Å². The van der Waals surface area contributed by atoms with Crippen LogP contribution in [0.4, 0.5) is 5.69 Å². The van der Waals surface area contributed by atoms with Crippen molar-refractivity contribution in [2.45, 2.75) is 26.7 Å². The van der Waals surface area contributed by atoms with Crippen LogP contribution in [0.25, 0.3) is 0 Å². The largest absolute Gasteiger partial charge is 0.494 e. The van der Waals surface area contributed by atoms with E-state index in [2.05, 4.69) is 12.2 Å². The predicted molar refractivity (Wildman–Crippen MR) is 92.9 cm³/mol.